The Morgan fingerprint density at radius 1 is 1.24 bits per heavy atom. The molecule has 1 fully saturated rings. The molecule has 174 valence electrons. The van der Waals surface area contributed by atoms with Crippen molar-refractivity contribution in [3.63, 3.8) is 0 Å². The van der Waals surface area contributed by atoms with Gasteiger partial charge >= 0.3 is 0 Å². The Balaban J connectivity index is 1.78. The van der Waals surface area contributed by atoms with Crippen molar-refractivity contribution in [2.24, 2.45) is 5.73 Å². The number of aliphatic hydroxyl groups excluding tert-OH is 1. The number of anilines is 4. The summed E-state index contributed by atoms with van der Waals surface area (Å²) in [5.74, 6) is 1.44. The van der Waals surface area contributed by atoms with Crippen molar-refractivity contribution in [2.75, 3.05) is 36.0 Å². The molecule has 0 aliphatic carbocycles. The van der Waals surface area contributed by atoms with Crippen LogP contribution in [-0.4, -0.2) is 63.3 Å². The third kappa shape index (κ3) is 4.93. The third-order valence-electron chi connectivity index (χ3n) is 5.55. The van der Waals surface area contributed by atoms with Gasteiger partial charge in [0, 0.05) is 32.2 Å². The first kappa shape index (κ1) is 23.4. The molecular weight excluding hydrogens is 462 g/mol. The van der Waals surface area contributed by atoms with E-state index in [9.17, 15) is 9.90 Å². The quantitative estimate of drug-likeness (QED) is 0.545. The van der Waals surface area contributed by atoms with Crippen molar-refractivity contribution >= 4 is 51.3 Å². The van der Waals surface area contributed by atoms with Crippen LogP contribution in [0.15, 0.2) is 30.5 Å². The topological polar surface area (TPSA) is 112 Å². The van der Waals surface area contributed by atoms with Crippen molar-refractivity contribution in [2.45, 2.75) is 27.0 Å². The standard InChI is InChI=1S/C22H26ClN7O2S/c1-13-5-4-6-16(23)20(13)30(22-25-12-17(33-22)21(24)32)19-11-18(26-14(2)27-19)29-9-7-28(8-10-29)15(3)31/h4-6,11-12,15,31H,7-10H2,1-3H3,(H2,24,32). The predicted octanol–water partition coefficient (Wildman–Crippen LogP) is 3.23. The second-order valence-corrected chi connectivity index (χ2v) is 9.31. The molecule has 9 nitrogen and oxygen atoms in total. The third-order valence-corrected chi connectivity index (χ3v) is 6.85. The molecule has 0 saturated carbocycles. The molecule has 0 bridgehead atoms. The molecule has 3 heterocycles. The molecule has 0 spiro atoms. The van der Waals surface area contributed by atoms with Crippen molar-refractivity contribution in [1.29, 1.82) is 0 Å². The summed E-state index contributed by atoms with van der Waals surface area (Å²) < 4.78 is 0. The van der Waals surface area contributed by atoms with Gasteiger partial charge in [-0.25, -0.2) is 15.0 Å². The monoisotopic (exact) mass is 487 g/mol. The van der Waals surface area contributed by atoms with Crippen LogP contribution in [0.2, 0.25) is 5.02 Å². The SMILES string of the molecule is Cc1nc(N2CCN(C(C)O)CC2)cc(N(c2ncc(C(N)=O)s2)c2c(C)cccc2Cl)n1. The molecule has 0 radical (unpaired) electrons. The molecule has 4 rings (SSSR count). The fraction of sp³-hybridized carbons (Fsp3) is 0.364. The summed E-state index contributed by atoms with van der Waals surface area (Å²) in [6.45, 7) is 8.51. The molecule has 3 aromatic rings. The van der Waals surface area contributed by atoms with Crippen LogP contribution in [0.4, 0.5) is 22.5 Å². The average Bonchev–Trinajstić information content (AvgIpc) is 3.26. The molecule has 1 aromatic carbocycles. The number of para-hydroxylation sites is 1. The summed E-state index contributed by atoms with van der Waals surface area (Å²) in [4.78, 5) is 31.9. The molecule has 2 aromatic heterocycles. The maximum Gasteiger partial charge on any atom is 0.260 e. The molecule has 33 heavy (non-hydrogen) atoms. The molecule has 1 unspecified atom stereocenters. The number of thiazole rings is 1. The summed E-state index contributed by atoms with van der Waals surface area (Å²) in [5.41, 5.74) is 7.14. The van der Waals surface area contributed by atoms with E-state index in [0.29, 0.717) is 26.7 Å². The van der Waals surface area contributed by atoms with Crippen LogP contribution in [0.1, 0.15) is 28.0 Å². The lowest BCUT2D eigenvalue weighted by Crippen LogP contribution is -2.49. The van der Waals surface area contributed by atoms with Gasteiger partial charge in [-0.3, -0.25) is 14.6 Å². The maximum atomic E-state index is 11.7. The average molecular weight is 488 g/mol. The lowest BCUT2D eigenvalue weighted by Gasteiger charge is -2.37. The fourth-order valence-electron chi connectivity index (χ4n) is 3.83. The zero-order valence-corrected chi connectivity index (χ0v) is 20.3. The van der Waals surface area contributed by atoms with Gasteiger partial charge < -0.3 is 15.7 Å². The van der Waals surface area contributed by atoms with Crippen molar-refractivity contribution in [3.8, 4) is 0 Å². The van der Waals surface area contributed by atoms with E-state index in [1.54, 1.807) is 6.92 Å². The highest BCUT2D eigenvalue weighted by atomic mass is 35.5. The van der Waals surface area contributed by atoms with Gasteiger partial charge in [0.15, 0.2) is 5.13 Å². The summed E-state index contributed by atoms with van der Waals surface area (Å²) >= 11 is 7.81. The number of benzene rings is 1. The lowest BCUT2D eigenvalue weighted by molar-refractivity contribution is 0.0152. The Labute approximate surface area is 201 Å². The summed E-state index contributed by atoms with van der Waals surface area (Å²) in [6, 6.07) is 7.55. The number of carbonyl (C=O) groups is 1. The van der Waals surface area contributed by atoms with Gasteiger partial charge in [0.25, 0.3) is 5.91 Å². The van der Waals surface area contributed by atoms with E-state index in [1.165, 1.54) is 17.5 Å². The van der Waals surface area contributed by atoms with E-state index in [4.69, 9.17) is 22.3 Å². The number of aryl methyl sites for hydroxylation is 2. The number of nitrogens with zero attached hydrogens (tertiary/aromatic N) is 6. The van der Waals surface area contributed by atoms with E-state index < -0.39 is 12.1 Å². The van der Waals surface area contributed by atoms with E-state index >= 15 is 0 Å². The summed E-state index contributed by atoms with van der Waals surface area (Å²) in [6.07, 6.45) is 0.990. The highest BCUT2D eigenvalue weighted by Gasteiger charge is 2.26. The molecule has 3 N–H and O–H groups in total. The van der Waals surface area contributed by atoms with E-state index in [0.717, 1.165) is 43.2 Å². The first-order valence-corrected chi connectivity index (χ1v) is 11.8. The largest absolute Gasteiger partial charge is 0.379 e. The van der Waals surface area contributed by atoms with E-state index in [1.807, 2.05) is 47.9 Å². The number of nitrogens with two attached hydrogens (primary N) is 1. The number of aromatic nitrogens is 3. The van der Waals surface area contributed by atoms with E-state index in [-0.39, 0.29) is 0 Å². The Morgan fingerprint density at radius 2 is 1.97 bits per heavy atom. The number of halogens is 1. The van der Waals surface area contributed by atoms with Crippen LogP contribution < -0.4 is 15.5 Å². The lowest BCUT2D eigenvalue weighted by atomic mass is 10.2. The fourth-order valence-corrected chi connectivity index (χ4v) is 4.93. The van der Waals surface area contributed by atoms with Gasteiger partial charge in [0.2, 0.25) is 0 Å². The predicted molar refractivity (Wildman–Crippen MR) is 131 cm³/mol. The summed E-state index contributed by atoms with van der Waals surface area (Å²) in [5, 5.41) is 10.9. The Morgan fingerprint density at radius 3 is 2.58 bits per heavy atom. The number of hydrogen-bond acceptors (Lipinski definition) is 9. The molecule has 1 aliphatic rings. The van der Waals surface area contributed by atoms with Gasteiger partial charge in [0.05, 0.1) is 16.9 Å². The number of aliphatic hydroxyl groups is 1. The minimum Gasteiger partial charge on any atom is -0.379 e. The maximum absolute atomic E-state index is 11.7. The zero-order chi connectivity index (χ0) is 23.7. The molecule has 1 saturated heterocycles. The van der Waals surface area contributed by atoms with Gasteiger partial charge in [-0.05, 0) is 32.4 Å². The molecule has 1 aliphatic heterocycles. The highest BCUT2D eigenvalue weighted by molar-refractivity contribution is 7.17. The van der Waals surface area contributed by atoms with Crippen LogP contribution in [0.3, 0.4) is 0 Å². The minimum atomic E-state index is -0.537. The Hall–Kier alpha value is -2.79. The molecule has 11 heteroatoms. The Bertz CT molecular complexity index is 1140. The Kier molecular flexibility index (Phi) is 6.80. The molecule has 1 amide bonds. The van der Waals surface area contributed by atoms with Gasteiger partial charge in [-0.2, -0.15) is 0 Å². The minimum absolute atomic E-state index is 0.347. The van der Waals surface area contributed by atoms with Crippen LogP contribution in [0.25, 0.3) is 0 Å². The van der Waals surface area contributed by atoms with Gasteiger partial charge in [-0.1, -0.05) is 35.1 Å². The first-order chi connectivity index (χ1) is 15.7. The number of amides is 1. The second-order valence-electron chi connectivity index (χ2n) is 7.90. The number of carbonyl (C=O) groups excluding carboxylic acids is 1. The van der Waals surface area contributed by atoms with Crippen LogP contribution in [0.5, 0.6) is 0 Å². The number of piperazine rings is 1. The second kappa shape index (κ2) is 9.60. The molecule has 1 atom stereocenters. The van der Waals surface area contributed by atoms with Crippen molar-refractivity contribution < 1.29 is 9.90 Å². The van der Waals surface area contributed by atoms with Crippen LogP contribution in [0, 0.1) is 13.8 Å². The normalized spacial score (nSPS) is 15.5. The van der Waals surface area contributed by atoms with Crippen molar-refractivity contribution in [1.82, 2.24) is 19.9 Å². The smallest absolute Gasteiger partial charge is 0.260 e. The van der Waals surface area contributed by atoms with Gasteiger partial charge in [-0.15, -0.1) is 0 Å². The van der Waals surface area contributed by atoms with E-state index in [2.05, 4.69) is 14.9 Å². The first-order valence-electron chi connectivity index (χ1n) is 10.6. The molecular formula is C22H26ClN7O2S. The van der Waals surface area contributed by atoms with Crippen LogP contribution in [-0.2, 0) is 0 Å². The van der Waals surface area contributed by atoms with Crippen LogP contribution >= 0.6 is 22.9 Å². The number of primary amides is 1. The number of hydrogen-bond donors (Lipinski definition) is 2. The zero-order valence-electron chi connectivity index (χ0n) is 18.7. The highest BCUT2D eigenvalue weighted by Crippen LogP contribution is 2.42. The van der Waals surface area contributed by atoms with Crippen molar-refractivity contribution in [3.05, 3.63) is 51.7 Å². The summed E-state index contributed by atoms with van der Waals surface area (Å²) in [7, 11) is 0. The number of rotatable bonds is 6. The van der Waals surface area contributed by atoms with Gasteiger partial charge in [0.1, 0.15) is 28.6 Å².